The van der Waals surface area contributed by atoms with Gasteiger partial charge >= 0.3 is 6.18 Å². The number of hydrazone groups is 1. The van der Waals surface area contributed by atoms with E-state index in [2.05, 4.69) is 10.5 Å². The monoisotopic (exact) mass is 465 g/mol. The maximum Gasteiger partial charge on any atom is 0.417 e. The summed E-state index contributed by atoms with van der Waals surface area (Å²) < 4.78 is 71.2. The van der Waals surface area contributed by atoms with Crippen molar-refractivity contribution < 1.29 is 30.8 Å². The summed E-state index contributed by atoms with van der Waals surface area (Å²) in [5, 5.41) is 3.55. The van der Waals surface area contributed by atoms with Crippen LogP contribution in [0.25, 0.3) is 0 Å². The summed E-state index contributed by atoms with van der Waals surface area (Å²) in [5.74, 6) is -0.531. The summed E-state index contributed by atoms with van der Waals surface area (Å²) in [5.41, 5.74) is 0.911. The van der Waals surface area contributed by atoms with Gasteiger partial charge in [0.25, 0.3) is 5.91 Å². The molecule has 1 aromatic heterocycles. The molecule has 3 rings (SSSR count). The molecule has 0 saturated heterocycles. The molecular weight excluding hydrogens is 447 g/mol. The second-order valence-corrected chi connectivity index (χ2v) is 8.48. The Kier molecular flexibility index (Phi) is 7.11. The first-order valence-electron chi connectivity index (χ1n) is 9.23. The summed E-state index contributed by atoms with van der Waals surface area (Å²) in [6.45, 7) is -0.853. The molecule has 2 aromatic carbocycles. The fourth-order valence-electron chi connectivity index (χ4n) is 2.78. The zero-order valence-electron chi connectivity index (χ0n) is 16.5. The average Bonchev–Trinajstić information content (AvgIpc) is 3.27. The molecule has 1 amide bonds. The summed E-state index contributed by atoms with van der Waals surface area (Å²) in [6, 6.07) is 15.3. The first kappa shape index (κ1) is 23.2. The number of hydrogen-bond donors (Lipinski definition) is 1. The molecule has 0 aliphatic heterocycles. The van der Waals surface area contributed by atoms with Crippen molar-refractivity contribution in [2.45, 2.75) is 17.6 Å². The Bertz CT molecular complexity index is 1180. The second-order valence-electron chi connectivity index (χ2n) is 6.54. The summed E-state index contributed by atoms with van der Waals surface area (Å²) >= 11 is 0. The highest BCUT2D eigenvalue weighted by molar-refractivity contribution is 7.89. The van der Waals surface area contributed by atoms with E-state index in [9.17, 15) is 26.4 Å². The Balaban J connectivity index is 1.76. The number of sulfonamides is 1. The van der Waals surface area contributed by atoms with Gasteiger partial charge in [-0.15, -0.1) is 0 Å². The van der Waals surface area contributed by atoms with Gasteiger partial charge in [-0.05, 0) is 30.3 Å². The Morgan fingerprint density at radius 1 is 1.03 bits per heavy atom. The van der Waals surface area contributed by atoms with Gasteiger partial charge in [-0.3, -0.25) is 4.79 Å². The van der Waals surface area contributed by atoms with Crippen LogP contribution in [-0.4, -0.2) is 31.4 Å². The molecule has 3 aromatic rings. The van der Waals surface area contributed by atoms with E-state index in [1.807, 2.05) is 0 Å². The number of furan rings is 1. The molecular formula is C21H18F3N3O4S. The molecule has 7 nitrogen and oxygen atoms in total. The van der Waals surface area contributed by atoms with E-state index in [0.717, 1.165) is 16.6 Å². The molecule has 0 aliphatic carbocycles. The second kappa shape index (κ2) is 9.79. The van der Waals surface area contributed by atoms with E-state index in [1.54, 1.807) is 30.3 Å². The number of alkyl halides is 3. The van der Waals surface area contributed by atoms with E-state index in [1.165, 1.54) is 36.6 Å². The van der Waals surface area contributed by atoms with Crippen LogP contribution in [-0.2, 0) is 27.5 Å². The zero-order chi connectivity index (χ0) is 23.2. The molecule has 1 N–H and O–H groups in total. The molecule has 0 fully saturated rings. The third kappa shape index (κ3) is 5.83. The van der Waals surface area contributed by atoms with Crippen LogP contribution in [0.1, 0.15) is 16.9 Å². The van der Waals surface area contributed by atoms with Crippen LogP contribution in [0.5, 0.6) is 0 Å². The molecule has 0 bridgehead atoms. The van der Waals surface area contributed by atoms with E-state index >= 15 is 0 Å². The minimum atomic E-state index is -4.59. The molecule has 1 heterocycles. The van der Waals surface area contributed by atoms with E-state index in [4.69, 9.17) is 4.42 Å². The molecule has 0 aliphatic rings. The van der Waals surface area contributed by atoms with Crippen molar-refractivity contribution in [2.24, 2.45) is 5.10 Å². The molecule has 11 heteroatoms. The van der Waals surface area contributed by atoms with Gasteiger partial charge in [0.05, 0.1) is 36.0 Å². The average molecular weight is 465 g/mol. The van der Waals surface area contributed by atoms with Crippen LogP contribution >= 0.6 is 0 Å². The van der Waals surface area contributed by atoms with Crippen molar-refractivity contribution in [1.29, 1.82) is 0 Å². The van der Waals surface area contributed by atoms with Gasteiger partial charge in [-0.1, -0.05) is 36.4 Å². The van der Waals surface area contributed by atoms with Gasteiger partial charge in [0.1, 0.15) is 5.76 Å². The Hall–Kier alpha value is -3.44. The molecule has 0 spiro atoms. The number of nitrogens with zero attached hydrogens (tertiary/aromatic N) is 2. The highest BCUT2D eigenvalue weighted by Crippen LogP contribution is 2.31. The number of rotatable bonds is 8. The number of halogens is 3. The van der Waals surface area contributed by atoms with Crippen LogP contribution in [0.3, 0.4) is 0 Å². The number of nitrogens with one attached hydrogen (secondary N) is 1. The molecule has 168 valence electrons. The highest BCUT2D eigenvalue weighted by atomic mass is 32.2. The van der Waals surface area contributed by atoms with Gasteiger partial charge in [-0.2, -0.15) is 22.6 Å². The van der Waals surface area contributed by atoms with Crippen molar-refractivity contribution in [3.05, 3.63) is 89.9 Å². The lowest BCUT2D eigenvalue weighted by atomic mass is 10.1. The highest BCUT2D eigenvalue weighted by Gasteiger charge is 2.32. The lowest BCUT2D eigenvalue weighted by Crippen LogP contribution is -2.39. The van der Waals surface area contributed by atoms with Gasteiger partial charge in [-0.25, -0.2) is 13.8 Å². The maximum atomic E-state index is 13.0. The van der Waals surface area contributed by atoms with Crippen molar-refractivity contribution in [2.75, 3.05) is 6.54 Å². The Labute approximate surface area is 182 Å². The summed E-state index contributed by atoms with van der Waals surface area (Å²) in [4.78, 5) is 12.3. The Morgan fingerprint density at radius 3 is 2.38 bits per heavy atom. The lowest BCUT2D eigenvalue weighted by molar-refractivity contribution is -0.137. The predicted molar refractivity (Wildman–Crippen MR) is 110 cm³/mol. The number of carbonyl (C=O) groups excluding carboxylic acids is 1. The zero-order valence-corrected chi connectivity index (χ0v) is 17.3. The summed E-state index contributed by atoms with van der Waals surface area (Å²) in [7, 11) is -4.06. The van der Waals surface area contributed by atoms with Gasteiger partial charge in [0, 0.05) is 5.56 Å². The van der Waals surface area contributed by atoms with E-state index < -0.39 is 34.2 Å². The maximum absolute atomic E-state index is 13.0. The standard InChI is InChI=1S/C21H18F3N3O4S/c22-21(23,24)19-11-5-4-7-16(19)13-25-26-20(28)15-27(14-17-8-6-12-31-17)32(29,30)18-9-2-1-3-10-18/h1-13H,14-15H2,(H,26,28)/b25-13-. The fourth-order valence-corrected chi connectivity index (χ4v) is 4.16. The van der Waals surface area contributed by atoms with Gasteiger partial charge in [0.2, 0.25) is 10.0 Å². The van der Waals surface area contributed by atoms with Crippen molar-refractivity contribution in [3.8, 4) is 0 Å². The smallest absolute Gasteiger partial charge is 0.417 e. The molecule has 0 radical (unpaired) electrons. The topological polar surface area (TPSA) is 92.0 Å². The fraction of sp³-hybridized carbons (Fsp3) is 0.143. The third-order valence-corrected chi connectivity index (χ3v) is 6.08. The van der Waals surface area contributed by atoms with Crippen LogP contribution in [0.15, 0.2) is 87.4 Å². The Morgan fingerprint density at radius 2 is 1.72 bits per heavy atom. The van der Waals surface area contributed by atoms with E-state index in [-0.39, 0.29) is 17.0 Å². The van der Waals surface area contributed by atoms with Crippen LogP contribution in [0, 0.1) is 0 Å². The van der Waals surface area contributed by atoms with Gasteiger partial charge in [0.15, 0.2) is 0 Å². The number of carbonyl (C=O) groups is 1. The molecule has 0 atom stereocenters. The molecule has 0 unspecified atom stereocenters. The predicted octanol–water partition coefficient (Wildman–Crippen LogP) is 3.64. The summed E-state index contributed by atoms with van der Waals surface area (Å²) in [6.07, 6.45) is -2.37. The van der Waals surface area contributed by atoms with Crippen LogP contribution in [0.2, 0.25) is 0 Å². The van der Waals surface area contributed by atoms with Crippen molar-refractivity contribution in [3.63, 3.8) is 0 Å². The van der Waals surface area contributed by atoms with Crippen LogP contribution in [0.4, 0.5) is 13.2 Å². The third-order valence-electron chi connectivity index (χ3n) is 4.27. The lowest BCUT2D eigenvalue weighted by Gasteiger charge is -2.20. The SMILES string of the molecule is O=C(CN(Cc1ccco1)S(=O)(=O)c1ccccc1)N/N=C\c1ccccc1C(F)(F)F. The molecule has 0 saturated carbocycles. The minimum Gasteiger partial charge on any atom is -0.468 e. The quantitative estimate of drug-likeness (QED) is 0.406. The number of benzene rings is 2. The largest absolute Gasteiger partial charge is 0.468 e. The number of hydrogen-bond acceptors (Lipinski definition) is 5. The first-order valence-corrected chi connectivity index (χ1v) is 10.7. The molecule has 32 heavy (non-hydrogen) atoms. The first-order chi connectivity index (χ1) is 15.2. The normalized spacial score (nSPS) is 12.4. The van der Waals surface area contributed by atoms with E-state index in [0.29, 0.717) is 5.76 Å². The van der Waals surface area contributed by atoms with Gasteiger partial charge < -0.3 is 4.42 Å². The number of amides is 1. The van der Waals surface area contributed by atoms with Crippen LogP contribution < -0.4 is 5.43 Å². The van der Waals surface area contributed by atoms with Crippen molar-refractivity contribution >= 4 is 22.1 Å². The minimum absolute atomic E-state index is 0.0260. The van der Waals surface area contributed by atoms with Crippen molar-refractivity contribution in [1.82, 2.24) is 9.73 Å².